The molecule has 0 aromatic heterocycles. The van der Waals surface area contributed by atoms with Gasteiger partial charge in [0, 0.05) is 31.1 Å². The van der Waals surface area contributed by atoms with Gasteiger partial charge in [-0.05, 0) is 71.3 Å². The minimum absolute atomic E-state index is 0.180. The number of rotatable bonds is 14. The topological polar surface area (TPSA) is 310 Å². The summed E-state index contributed by atoms with van der Waals surface area (Å²) in [4.78, 5) is 76.9. The molecule has 5 atom stereocenters. The van der Waals surface area contributed by atoms with Crippen molar-refractivity contribution in [1.29, 1.82) is 0 Å². The lowest BCUT2D eigenvalue weighted by Gasteiger charge is -2.42. The molecule has 19 nitrogen and oxygen atoms in total. The maximum absolute atomic E-state index is 13.2. The van der Waals surface area contributed by atoms with E-state index >= 15 is 0 Å². The van der Waals surface area contributed by atoms with Gasteiger partial charge in [0.15, 0.2) is 34.5 Å². The molecule has 0 saturated heterocycles. The van der Waals surface area contributed by atoms with E-state index in [1.54, 1.807) is 0 Å². The van der Waals surface area contributed by atoms with E-state index in [4.69, 9.17) is 18.9 Å². The number of phenolic OH excluding ortho intramolecular Hbond substituents is 6. The number of aliphatic hydroxyl groups is 1. The van der Waals surface area contributed by atoms with E-state index in [-0.39, 0.29) is 16.7 Å². The summed E-state index contributed by atoms with van der Waals surface area (Å²) in [7, 11) is 0.917. The Kier molecular flexibility index (Phi) is 14.1. The molecule has 0 radical (unpaired) electrons. The number of aliphatic hydroxyl groups excluding tert-OH is 1. The zero-order valence-corrected chi connectivity index (χ0v) is 30.2. The van der Waals surface area contributed by atoms with E-state index in [0.29, 0.717) is 0 Å². The van der Waals surface area contributed by atoms with Crippen molar-refractivity contribution in [2.75, 3.05) is 7.11 Å². The molecular formula is C39H36O19. The SMILES string of the molecule is COC(=O)C(CC(=O)O[C@@H]1C[C@@](OC(=O)/C=C/c2ccc(O)c(O)c2)(C(=O)O)C[C@@H](OC(=O)/C=C/c2ccc(O)c(O)c2)[C@@H]1O)OC(=O)/C=C/c1ccc(O)c(O)c1. The predicted octanol–water partition coefficient (Wildman–Crippen LogP) is 2.18. The van der Waals surface area contributed by atoms with Crippen LogP contribution in [0.25, 0.3) is 18.2 Å². The van der Waals surface area contributed by atoms with E-state index in [1.807, 2.05) is 0 Å². The van der Waals surface area contributed by atoms with Crippen LogP contribution >= 0.6 is 0 Å². The number of hydrogen-bond donors (Lipinski definition) is 8. The number of carbonyl (C=O) groups is 6. The first kappa shape index (κ1) is 43.2. The maximum atomic E-state index is 13.2. The lowest BCUT2D eigenvalue weighted by Crippen LogP contribution is -2.59. The number of carboxylic acid groups (broad SMARTS) is 1. The van der Waals surface area contributed by atoms with Gasteiger partial charge in [-0.25, -0.2) is 24.0 Å². The molecule has 1 fully saturated rings. The summed E-state index contributed by atoms with van der Waals surface area (Å²) in [6.07, 6.45) is -4.76. The largest absolute Gasteiger partial charge is 0.504 e. The number of carboxylic acids is 1. The van der Waals surface area contributed by atoms with Crippen LogP contribution in [-0.4, -0.2) is 114 Å². The molecule has 0 bridgehead atoms. The first-order chi connectivity index (χ1) is 27.4. The van der Waals surface area contributed by atoms with Gasteiger partial charge in [-0.3, -0.25) is 4.79 Å². The summed E-state index contributed by atoms with van der Waals surface area (Å²) in [6, 6.07) is 10.6. The molecule has 4 rings (SSSR count). The monoisotopic (exact) mass is 808 g/mol. The summed E-state index contributed by atoms with van der Waals surface area (Å²) < 4.78 is 25.6. The summed E-state index contributed by atoms with van der Waals surface area (Å²) >= 11 is 0. The van der Waals surface area contributed by atoms with E-state index in [0.717, 1.165) is 80.0 Å². The number of benzene rings is 3. The molecule has 58 heavy (non-hydrogen) atoms. The quantitative estimate of drug-likeness (QED) is 0.0501. The number of methoxy groups -OCH3 is 1. The van der Waals surface area contributed by atoms with Gasteiger partial charge in [0.05, 0.1) is 13.5 Å². The molecule has 8 N–H and O–H groups in total. The van der Waals surface area contributed by atoms with Crippen molar-refractivity contribution in [3.63, 3.8) is 0 Å². The van der Waals surface area contributed by atoms with Gasteiger partial charge in [0.1, 0.15) is 18.3 Å². The average Bonchev–Trinajstić information content (AvgIpc) is 3.17. The van der Waals surface area contributed by atoms with Crippen molar-refractivity contribution in [1.82, 2.24) is 0 Å². The Balaban J connectivity index is 1.57. The van der Waals surface area contributed by atoms with Gasteiger partial charge in [-0.2, -0.15) is 0 Å². The van der Waals surface area contributed by atoms with E-state index in [2.05, 4.69) is 4.74 Å². The van der Waals surface area contributed by atoms with Crippen molar-refractivity contribution in [3.05, 3.63) is 89.5 Å². The summed E-state index contributed by atoms with van der Waals surface area (Å²) in [5.41, 5.74) is -2.03. The van der Waals surface area contributed by atoms with Crippen LogP contribution in [0.2, 0.25) is 0 Å². The van der Waals surface area contributed by atoms with Gasteiger partial charge in [0.25, 0.3) is 0 Å². The lowest BCUT2D eigenvalue weighted by molar-refractivity contribution is -0.213. The number of esters is 5. The highest BCUT2D eigenvalue weighted by molar-refractivity contribution is 5.92. The molecule has 3 aromatic carbocycles. The molecule has 0 heterocycles. The normalized spacial score (nSPS) is 19.7. The molecule has 306 valence electrons. The molecule has 1 aliphatic carbocycles. The van der Waals surface area contributed by atoms with Gasteiger partial charge >= 0.3 is 35.8 Å². The van der Waals surface area contributed by atoms with Gasteiger partial charge in [-0.1, -0.05) is 18.2 Å². The lowest BCUT2D eigenvalue weighted by atomic mass is 9.79. The van der Waals surface area contributed by atoms with Crippen LogP contribution in [0.1, 0.15) is 36.0 Å². The number of carbonyl (C=O) groups excluding carboxylic acids is 5. The third-order valence-electron chi connectivity index (χ3n) is 8.37. The van der Waals surface area contributed by atoms with Gasteiger partial charge < -0.3 is 64.5 Å². The highest BCUT2D eigenvalue weighted by Crippen LogP contribution is 2.37. The Hall–Kier alpha value is -7.54. The zero-order chi connectivity index (χ0) is 42.7. The fourth-order valence-corrected chi connectivity index (χ4v) is 5.43. The number of aliphatic carboxylic acids is 1. The van der Waals surface area contributed by atoms with Gasteiger partial charge in [0.2, 0.25) is 11.7 Å². The second-order valence-electron chi connectivity index (χ2n) is 12.5. The van der Waals surface area contributed by atoms with Crippen LogP contribution in [-0.2, 0) is 52.5 Å². The number of aromatic hydroxyl groups is 6. The van der Waals surface area contributed by atoms with Crippen molar-refractivity contribution in [3.8, 4) is 34.5 Å². The van der Waals surface area contributed by atoms with Crippen molar-refractivity contribution in [2.45, 2.75) is 49.3 Å². The Morgan fingerprint density at radius 3 is 1.52 bits per heavy atom. The second-order valence-corrected chi connectivity index (χ2v) is 12.5. The molecule has 19 heteroatoms. The van der Waals surface area contributed by atoms with E-state index in [1.165, 1.54) is 18.2 Å². The highest BCUT2D eigenvalue weighted by Gasteiger charge is 2.56. The van der Waals surface area contributed by atoms with Crippen LogP contribution in [0, 0.1) is 0 Å². The number of ether oxygens (including phenoxy) is 5. The minimum atomic E-state index is -2.65. The van der Waals surface area contributed by atoms with Crippen molar-refractivity contribution >= 4 is 54.0 Å². The van der Waals surface area contributed by atoms with Crippen molar-refractivity contribution < 1.29 is 93.3 Å². The fraction of sp³-hybridized carbons (Fsp3) is 0.231. The maximum Gasteiger partial charge on any atom is 0.348 e. The molecule has 0 spiro atoms. The Bertz CT molecular complexity index is 2150. The zero-order valence-electron chi connectivity index (χ0n) is 30.2. The van der Waals surface area contributed by atoms with Crippen LogP contribution in [0.4, 0.5) is 0 Å². The molecular weight excluding hydrogens is 772 g/mol. The first-order valence-electron chi connectivity index (χ1n) is 16.8. The van der Waals surface area contributed by atoms with Crippen LogP contribution < -0.4 is 0 Å². The predicted molar refractivity (Wildman–Crippen MR) is 194 cm³/mol. The number of hydrogen-bond acceptors (Lipinski definition) is 18. The summed E-state index contributed by atoms with van der Waals surface area (Å²) in [5, 5.41) is 79.2. The fourth-order valence-electron chi connectivity index (χ4n) is 5.43. The summed E-state index contributed by atoms with van der Waals surface area (Å²) in [6.45, 7) is 0. The minimum Gasteiger partial charge on any atom is -0.504 e. The second kappa shape index (κ2) is 18.9. The molecule has 3 aromatic rings. The average molecular weight is 809 g/mol. The van der Waals surface area contributed by atoms with E-state index < -0.39 is 120 Å². The molecule has 0 amide bonds. The first-order valence-corrected chi connectivity index (χ1v) is 16.8. The Morgan fingerprint density at radius 1 is 0.655 bits per heavy atom. The van der Waals surface area contributed by atoms with Crippen LogP contribution in [0.15, 0.2) is 72.8 Å². The molecule has 1 aliphatic rings. The Labute approximate surface area is 327 Å². The molecule has 1 unspecified atom stereocenters. The van der Waals surface area contributed by atoms with Crippen molar-refractivity contribution in [2.24, 2.45) is 0 Å². The Morgan fingerprint density at radius 2 is 1.09 bits per heavy atom. The summed E-state index contributed by atoms with van der Waals surface area (Å²) in [5.74, 6) is -10.9. The van der Waals surface area contributed by atoms with Crippen LogP contribution in [0.5, 0.6) is 34.5 Å². The van der Waals surface area contributed by atoms with Gasteiger partial charge in [-0.15, -0.1) is 0 Å². The third-order valence-corrected chi connectivity index (χ3v) is 8.37. The van der Waals surface area contributed by atoms with Crippen LogP contribution in [0.3, 0.4) is 0 Å². The highest BCUT2D eigenvalue weighted by atomic mass is 16.6. The molecule has 1 saturated carbocycles. The third kappa shape index (κ3) is 11.5. The molecule has 0 aliphatic heterocycles. The smallest absolute Gasteiger partial charge is 0.348 e. The standard InChI is InChI=1S/C39H36O19/c1-54-37(51)29(55-32(46)11-5-20-2-8-23(40)26(43)14-20)17-35(49)57-31-19-39(38(52)53,58-34(48)13-7-22-4-10-25(42)28(45)16-22)18-30(36(31)50)56-33(47)12-6-21-3-9-24(41)27(44)15-21/h2-16,29-31,36,40-45,50H,17-19H2,1H3,(H,52,53)/b11-5+,12-6+,13-7+/t29?,30-,31-,36+,39-/m1/s1. The van der Waals surface area contributed by atoms with E-state index in [9.17, 15) is 69.6 Å². The number of phenols is 6.